The molecule has 1 aliphatic rings. The van der Waals surface area contributed by atoms with Crippen LogP contribution >= 0.6 is 0 Å². The van der Waals surface area contributed by atoms with Gasteiger partial charge in [0.25, 0.3) is 0 Å². The third-order valence-corrected chi connectivity index (χ3v) is 5.00. The van der Waals surface area contributed by atoms with Crippen LogP contribution in [0.1, 0.15) is 28.7 Å². The minimum atomic E-state index is -0.507. The van der Waals surface area contributed by atoms with Crippen LogP contribution in [0.5, 0.6) is 11.5 Å². The Labute approximate surface area is 173 Å². The Balaban J connectivity index is 1.47. The number of fused-ring (bicyclic) bond motifs is 2. The van der Waals surface area contributed by atoms with Crippen LogP contribution in [0.15, 0.2) is 51.7 Å². The van der Waals surface area contributed by atoms with Crippen LogP contribution < -0.4 is 15.1 Å². The minimum Gasteiger partial charge on any atom is -0.490 e. The van der Waals surface area contributed by atoms with E-state index >= 15 is 0 Å². The predicted molar refractivity (Wildman–Crippen MR) is 113 cm³/mol. The van der Waals surface area contributed by atoms with Gasteiger partial charge < -0.3 is 18.6 Å². The van der Waals surface area contributed by atoms with E-state index in [-0.39, 0.29) is 6.61 Å². The maximum absolute atomic E-state index is 12.2. The van der Waals surface area contributed by atoms with Gasteiger partial charge in [-0.25, -0.2) is 9.59 Å². The molecule has 0 radical (unpaired) electrons. The monoisotopic (exact) mass is 406 g/mol. The number of hydrogen-bond acceptors (Lipinski definition) is 6. The Kier molecular flexibility index (Phi) is 5.57. The molecule has 0 unspecified atom stereocenters. The summed E-state index contributed by atoms with van der Waals surface area (Å²) in [6.45, 7) is 5.13. The Bertz CT molecular complexity index is 1190. The van der Waals surface area contributed by atoms with Gasteiger partial charge in [-0.1, -0.05) is 6.07 Å². The SMILES string of the molecule is Cc1cc2oc(=O)cc(COC(=O)/C=C/c3ccc4c(c3)OCCCO4)c2cc1C. The van der Waals surface area contributed by atoms with Gasteiger partial charge in [0.05, 0.1) is 13.2 Å². The summed E-state index contributed by atoms with van der Waals surface area (Å²) in [4.78, 5) is 24.1. The van der Waals surface area contributed by atoms with E-state index in [0.29, 0.717) is 35.9 Å². The van der Waals surface area contributed by atoms with E-state index in [2.05, 4.69) is 0 Å². The number of esters is 1. The highest BCUT2D eigenvalue weighted by Gasteiger charge is 2.11. The lowest BCUT2D eigenvalue weighted by Crippen LogP contribution is -2.06. The Morgan fingerprint density at radius 2 is 1.80 bits per heavy atom. The lowest BCUT2D eigenvalue weighted by Gasteiger charge is -2.08. The van der Waals surface area contributed by atoms with Crippen molar-refractivity contribution in [2.45, 2.75) is 26.9 Å². The molecule has 0 fully saturated rings. The molecule has 0 saturated heterocycles. The fourth-order valence-corrected chi connectivity index (χ4v) is 3.25. The van der Waals surface area contributed by atoms with Crippen molar-refractivity contribution in [2.24, 2.45) is 0 Å². The van der Waals surface area contributed by atoms with Crippen molar-refractivity contribution in [3.8, 4) is 11.5 Å². The molecule has 0 saturated carbocycles. The molecule has 0 amide bonds. The van der Waals surface area contributed by atoms with Crippen LogP contribution in [-0.4, -0.2) is 19.2 Å². The third kappa shape index (κ3) is 4.38. The zero-order valence-electron chi connectivity index (χ0n) is 16.9. The molecule has 6 nitrogen and oxygen atoms in total. The fraction of sp³-hybridized carbons (Fsp3) is 0.250. The topological polar surface area (TPSA) is 75.0 Å². The highest BCUT2D eigenvalue weighted by atomic mass is 16.5. The Hall–Kier alpha value is -3.54. The summed E-state index contributed by atoms with van der Waals surface area (Å²) >= 11 is 0. The molecule has 4 rings (SSSR count). The molecule has 1 aromatic heterocycles. The molecule has 0 atom stereocenters. The van der Waals surface area contributed by atoms with Gasteiger partial charge in [-0.05, 0) is 60.9 Å². The molecular weight excluding hydrogens is 384 g/mol. The summed E-state index contributed by atoms with van der Waals surface area (Å²) in [5.41, 5.74) is 3.52. The van der Waals surface area contributed by atoms with Gasteiger partial charge in [0.1, 0.15) is 12.2 Å². The minimum absolute atomic E-state index is 0.0189. The first-order valence-corrected chi connectivity index (χ1v) is 9.78. The fourth-order valence-electron chi connectivity index (χ4n) is 3.25. The van der Waals surface area contributed by atoms with Gasteiger partial charge in [-0.3, -0.25) is 0 Å². The summed E-state index contributed by atoms with van der Waals surface area (Å²) in [5, 5.41) is 0.761. The Morgan fingerprint density at radius 3 is 2.63 bits per heavy atom. The molecular formula is C24H22O6. The molecule has 0 spiro atoms. The summed E-state index contributed by atoms with van der Waals surface area (Å²) in [7, 11) is 0. The number of carbonyl (C=O) groups excluding carboxylic acids is 1. The summed E-state index contributed by atoms with van der Waals surface area (Å²) < 4.78 is 21.9. The largest absolute Gasteiger partial charge is 0.490 e. The number of carbonyl (C=O) groups is 1. The average Bonchev–Trinajstić information content (AvgIpc) is 2.96. The second-order valence-electron chi connectivity index (χ2n) is 7.22. The molecule has 2 aromatic carbocycles. The van der Waals surface area contributed by atoms with Gasteiger partial charge in [0.2, 0.25) is 0 Å². The van der Waals surface area contributed by atoms with Crippen molar-refractivity contribution in [1.29, 1.82) is 0 Å². The summed E-state index contributed by atoms with van der Waals surface area (Å²) in [6, 6.07) is 10.6. The van der Waals surface area contributed by atoms with E-state index in [1.54, 1.807) is 6.08 Å². The van der Waals surface area contributed by atoms with Crippen LogP contribution in [0.4, 0.5) is 0 Å². The van der Waals surface area contributed by atoms with Gasteiger partial charge in [-0.15, -0.1) is 0 Å². The zero-order chi connectivity index (χ0) is 21.1. The second-order valence-corrected chi connectivity index (χ2v) is 7.22. The molecule has 0 bridgehead atoms. The number of benzene rings is 2. The lowest BCUT2D eigenvalue weighted by atomic mass is 10.0. The molecule has 3 aromatic rings. The van der Waals surface area contributed by atoms with Crippen molar-refractivity contribution < 1.29 is 23.4 Å². The summed E-state index contributed by atoms with van der Waals surface area (Å²) in [5.74, 6) is 0.857. The van der Waals surface area contributed by atoms with Crippen molar-refractivity contribution in [3.05, 3.63) is 75.1 Å². The molecule has 1 aliphatic heterocycles. The van der Waals surface area contributed by atoms with Crippen LogP contribution in [0.25, 0.3) is 17.0 Å². The number of hydrogen-bond donors (Lipinski definition) is 0. The molecule has 0 N–H and O–H groups in total. The lowest BCUT2D eigenvalue weighted by molar-refractivity contribution is -0.138. The maximum atomic E-state index is 12.2. The van der Waals surface area contributed by atoms with Gasteiger partial charge in [-0.2, -0.15) is 0 Å². The van der Waals surface area contributed by atoms with Crippen molar-refractivity contribution in [3.63, 3.8) is 0 Å². The second kappa shape index (κ2) is 8.45. The van der Waals surface area contributed by atoms with Crippen molar-refractivity contribution >= 4 is 23.0 Å². The molecule has 154 valence electrons. The van der Waals surface area contributed by atoms with Crippen LogP contribution in [0, 0.1) is 13.8 Å². The normalized spacial score (nSPS) is 13.4. The zero-order valence-corrected chi connectivity index (χ0v) is 16.9. The van der Waals surface area contributed by atoms with Crippen LogP contribution in [0.2, 0.25) is 0 Å². The number of aryl methyl sites for hydroxylation is 2. The van der Waals surface area contributed by atoms with Gasteiger partial charge in [0, 0.05) is 29.5 Å². The smallest absolute Gasteiger partial charge is 0.336 e. The van der Waals surface area contributed by atoms with E-state index < -0.39 is 11.6 Å². The standard InChI is InChI=1S/C24H22O6/c1-15-10-19-18(13-24(26)30-21(19)11-16(15)2)14-29-23(25)7-5-17-4-6-20-22(12-17)28-9-3-8-27-20/h4-7,10-13H,3,8-9,14H2,1-2H3/b7-5+. The van der Waals surface area contributed by atoms with E-state index in [1.165, 1.54) is 12.1 Å². The predicted octanol–water partition coefficient (Wildman–Crippen LogP) is 4.33. The van der Waals surface area contributed by atoms with Crippen LogP contribution in [-0.2, 0) is 16.1 Å². The first-order valence-electron chi connectivity index (χ1n) is 9.78. The maximum Gasteiger partial charge on any atom is 0.336 e. The quantitative estimate of drug-likeness (QED) is 0.365. The first-order chi connectivity index (χ1) is 14.5. The summed E-state index contributed by atoms with van der Waals surface area (Å²) in [6.07, 6.45) is 3.84. The molecule has 2 heterocycles. The first kappa shape index (κ1) is 19.8. The van der Waals surface area contributed by atoms with E-state index in [1.807, 2.05) is 44.2 Å². The van der Waals surface area contributed by atoms with Gasteiger partial charge in [0.15, 0.2) is 11.5 Å². The van der Waals surface area contributed by atoms with Crippen molar-refractivity contribution in [2.75, 3.05) is 13.2 Å². The van der Waals surface area contributed by atoms with E-state index in [4.69, 9.17) is 18.6 Å². The van der Waals surface area contributed by atoms with Crippen molar-refractivity contribution in [1.82, 2.24) is 0 Å². The van der Waals surface area contributed by atoms with Gasteiger partial charge >= 0.3 is 11.6 Å². The number of rotatable bonds is 4. The third-order valence-electron chi connectivity index (χ3n) is 5.00. The van der Waals surface area contributed by atoms with Crippen LogP contribution in [0.3, 0.4) is 0 Å². The average molecular weight is 406 g/mol. The molecule has 0 aliphatic carbocycles. The highest BCUT2D eigenvalue weighted by molar-refractivity contribution is 5.87. The Morgan fingerprint density at radius 1 is 1.03 bits per heavy atom. The molecule has 30 heavy (non-hydrogen) atoms. The molecule has 6 heteroatoms. The van der Waals surface area contributed by atoms with E-state index in [0.717, 1.165) is 28.5 Å². The highest BCUT2D eigenvalue weighted by Crippen LogP contribution is 2.30. The van der Waals surface area contributed by atoms with E-state index in [9.17, 15) is 9.59 Å². The number of ether oxygens (including phenoxy) is 3.